The maximum atomic E-state index is 12.8. The highest BCUT2D eigenvalue weighted by Crippen LogP contribution is 2.20. The van der Waals surface area contributed by atoms with E-state index in [4.69, 9.17) is 0 Å². The van der Waals surface area contributed by atoms with Crippen molar-refractivity contribution in [2.75, 3.05) is 18.1 Å². The van der Waals surface area contributed by atoms with E-state index in [0.717, 1.165) is 0 Å². The molecular weight excluding hydrogens is 328 g/mol. The Labute approximate surface area is 139 Å². The van der Waals surface area contributed by atoms with Crippen LogP contribution in [0.25, 0.3) is 10.8 Å². The second-order valence-corrected chi connectivity index (χ2v) is 8.13. The first kappa shape index (κ1) is 16.4. The number of amides is 1. The third kappa shape index (κ3) is 3.12. The molecule has 1 aliphatic rings. The Balaban J connectivity index is 1.99. The summed E-state index contributed by atoms with van der Waals surface area (Å²) in [5.41, 5.74) is -0.182. The number of fused-ring (bicyclic) bond motifs is 1. The fraction of sp³-hybridized carbons (Fsp3) is 0.294. The second kappa shape index (κ2) is 6.24. The van der Waals surface area contributed by atoms with Crippen LogP contribution in [0.1, 0.15) is 16.9 Å². The molecule has 0 spiro atoms. The molecule has 1 aromatic carbocycles. The monoisotopic (exact) mass is 346 g/mol. The Hall–Kier alpha value is -2.41. The van der Waals surface area contributed by atoms with Crippen molar-refractivity contribution in [3.8, 4) is 0 Å². The van der Waals surface area contributed by atoms with Crippen LogP contribution in [0.2, 0.25) is 0 Å². The number of H-pyrrole nitrogens is 1. The molecule has 1 fully saturated rings. The number of hydrogen-bond donors (Lipinski definition) is 1. The lowest BCUT2D eigenvalue weighted by molar-refractivity contribution is 0.0714. The lowest BCUT2D eigenvalue weighted by Crippen LogP contribution is -2.42. The van der Waals surface area contributed by atoms with E-state index in [-0.39, 0.29) is 35.2 Å². The molecule has 1 N–H and O–H groups in total. The Bertz CT molecular complexity index is 962. The molecule has 2 aromatic rings. The van der Waals surface area contributed by atoms with Gasteiger partial charge in [-0.1, -0.05) is 24.3 Å². The van der Waals surface area contributed by atoms with Crippen LogP contribution in [-0.2, 0) is 9.84 Å². The Morgan fingerprint density at radius 1 is 1.38 bits per heavy atom. The van der Waals surface area contributed by atoms with Gasteiger partial charge in [-0.2, -0.15) is 0 Å². The van der Waals surface area contributed by atoms with Crippen LogP contribution in [0, 0.1) is 0 Å². The van der Waals surface area contributed by atoms with Crippen molar-refractivity contribution in [1.82, 2.24) is 9.88 Å². The summed E-state index contributed by atoms with van der Waals surface area (Å²) in [6.45, 7) is 3.87. The fourth-order valence-electron chi connectivity index (χ4n) is 3.04. The maximum absolute atomic E-state index is 12.8. The van der Waals surface area contributed by atoms with Gasteiger partial charge in [0.1, 0.15) is 5.69 Å². The minimum Gasteiger partial charge on any atom is -0.330 e. The number of sulfone groups is 1. The third-order valence-electron chi connectivity index (χ3n) is 4.22. The molecule has 0 radical (unpaired) electrons. The molecule has 2 heterocycles. The predicted octanol–water partition coefficient (Wildman–Crippen LogP) is 1.34. The van der Waals surface area contributed by atoms with Crippen LogP contribution in [0.5, 0.6) is 0 Å². The van der Waals surface area contributed by atoms with Gasteiger partial charge in [0, 0.05) is 18.0 Å². The molecule has 24 heavy (non-hydrogen) atoms. The van der Waals surface area contributed by atoms with E-state index in [9.17, 15) is 18.0 Å². The zero-order valence-electron chi connectivity index (χ0n) is 13.1. The Morgan fingerprint density at radius 3 is 2.79 bits per heavy atom. The molecular formula is C17H18N2O4S. The Kier molecular flexibility index (Phi) is 4.28. The summed E-state index contributed by atoms with van der Waals surface area (Å²) in [5, 5.41) is 1.18. The van der Waals surface area contributed by atoms with Crippen molar-refractivity contribution in [2.24, 2.45) is 0 Å². The highest BCUT2D eigenvalue weighted by Gasteiger charge is 2.34. The predicted molar refractivity (Wildman–Crippen MR) is 92.9 cm³/mol. The number of rotatable bonds is 4. The van der Waals surface area contributed by atoms with Crippen molar-refractivity contribution in [3.63, 3.8) is 0 Å². The zero-order chi connectivity index (χ0) is 17.3. The van der Waals surface area contributed by atoms with Crippen LogP contribution in [0.15, 0.2) is 47.8 Å². The highest BCUT2D eigenvalue weighted by molar-refractivity contribution is 7.91. The van der Waals surface area contributed by atoms with Gasteiger partial charge < -0.3 is 9.88 Å². The number of pyridine rings is 1. The average Bonchev–Trinajstić information content (AvgIpc) is 2.91. The lowest BCUT2D eigenvalue weighted by atomic mass is 10.1. The number of carbonyl (C=O) groups is 1. The number of nitrogens with one attached hydrogen (secondary N) is 1. The number of carbonyl (C=O) groups excluding carboxylic acids is 1. The van der Waals surface area contributed by atoms with Crippen LogP contribution in [-0.4, -0.2) is 48.3 Å². The molecule has 126 valence electrons. The number of aromatic nitrogens is 1. The fourth-order valence-corrected chi connectivity index (χ4v) is 4.77. The van der Waals surface area contributed by atoms with Crippen molar-refractivity contribution in [1.29, 1.82) is 0 Å². The first-order valence-corrected chi connectivity index (χ1v) is 9.48. The lowest BCUT2D eigenvalue weighted by Gasteiger charge is -2.27. The number of nitrogens with zero attached hydrogens (tertiary/aromatic N) is 1. The quantitative estimate of drug-likeness (QED) is 0.847. The topological polar surface area (TPSA) is 87.3 Å². The molecule has 6 nitrogen and oxygen atoms in total. The molecule has 1 aromatic heterocycles. The van der Waals surface area contributed by atoms with Gasteiger partial charge in [-0.15, -0.1) is 6.58 Å². The SMILES string of the molecule is C=CCN(C(=O)c1cc2ccccc2c(=O)[nH]1)[C@@H]1CCS(=O)(=O)C1. The van der Waals surface area contributed by atoms with Crippen molar-refractivity contribution in [2.45, 2.75) is 12.5 Å². The number of benzene rings is 1. The molecule has 0 saturated carbocycles. The van der Waals surface area contributed by atoms with E-state index in [1.165, 1.54) is 4.90 Å². The molecule has 0 unspecified atom stereocenters. The largest absolute Gasteiger partial charge is 0.330 e. The van der Waals surface area contributed by atoms with Crippen molar-refractivity contribution in [3.05, 3.63) is 59.0 Å². The van der Waals surface area contributed by atoms with Crippen molar-refractivity contribution >= 4 is 26.5 Å². The first-order chi connectivity index (χ1) is 11.4. The molecule has 7 heteroatoms. The normalized spacial score (nSPS) is 19.2. The molecule has 0 aliphatic carbocycles. The van der Waals surface area contributed by atoms with Gasteiger partial charge >= 0.3 is 0 Å². The maximum Gasteiger partial charge on any atom is 0.270 e. The van der Waals surface area contributed by atoms with E-state index >= 15 is 0 Å². The van der Waals surface area contributed by atoms with Gasteiger partial charge in [-0.3, -0.25) is 9.59 Å². The summed E-state index contributed by atoms with van der Waals surface area (Å²) in [6, 6.07) is 8.23. The molecule has 1 aliphatic heterocycles. The molecule has 0 bridgehead atoms. The van der Waals surface area contributed by atoms with Crippen molar-refractivity contribution < 1.29 is 13.2 Å². The van der Waals surface area contributed by atoms with Gasteiger partial charge in [0.25, 0.3) is 11.5 Å². The highest BCUT2D eigenvalue weighted by atomic mass is 32.2. The smallest absolute Gasteiger partial charge is 0.270 e. The van der Waals surface area contributed by atoms with Gasteiger partial charge in [-0.05, 0) is 23.9 Å². The van der Waals surface area contributed by atoms with Crippen LogP contribution in [0.3, 0.4) is 0 Å². The summed E-state index contributed by atoms with van der Waals surface area (Å²) < 4.78 is 23.4. The van der Waals surface area contributed by atoms with Gasteiger partial charge in [-0.25, -0.2) is 8.42 Å². The second-order valence-electron chi connectivity index (χ2n) is 5.90. The van der Waals surface area contributed by atoms with E-state index in [0.29, 0.717) is 17.2 Å². The van der Waals surface area contributed by atoms with Crippen LogP contribution >= 0.6 is 0 Å². The van der Waals surface area contributed by atoms with Gasteiger partial charge in [0.2, 0.25) is 0 Å². The average molecular weight is 346 g/mol. The minimum atomic E-state index is -3.12. The summed E-state index contributed by atoms with van der Waals surface area (Å²) in [7, 11) is -3.12. The number of hydrogen-bond acceptors (Lipinski definition) is 4. The van der Waals surface area contributed by atoms with Gasteiger partial charge in [0.15, 0.2) is 9.84 Å². The molecule has 1 amide bonds. The van der Waals surface area contributed by atoms with Gasteiger partial charge in [0.05, 0.1) is 11.5 Å². The van der Waals surface area contributed by atoms with E-state index in [1.54, 1.807) is 36.4 Å². The standard InChI is InChI=1S/C17H18N2O4S/c1-2-8-19(13-7-9-24(22,23)11-13)17(21)15-10-12-5-3-4-6-14(12)16(20)18-15/h2-6,10,13H,1,7-9,11H2,(H,18,20)/t13-/m1/s1. The zero-order valence-corrected chi connectivity index (χ0v) is 13.9. The Morgan fingerprint density at radius 2 is 2.12 bits per heavy atom. The van der Waals surface area contributed by atoms with E-state index in [1.807, 2.05) is 0 Å². The summed E-state index contributed by atoms with van der Waals surface area (Å²) >= 11 is 0. The molecule has 1 atom stereocenters. The van der Waals surface area contributed by atoms with E-state index in [2.05, 4.69) is 11.6 Å². The minimum absolute atomic E-state index is 0.0512. The summed E-state index contributed by atoms with van der Waals surface area (Å²) in [5.74, 6) is -0.364. The van der Waals surface area contributed by atoms with E-state index < -0.39 is 15.9 Å². The van der Waals surface area contributed by atoms with Crippen LogP contribution in [0.4, 0.5) is 0 Å². The molecule has 3 rings (SSSR count). The summed E-state index contributed by atoms with van der Waals surface area (Å²) in [4.78, 5) is 29.1. The van der Waals surface area contributed by atoms with Crippen LogP contribution < -0.4 is 5.56 Å². The third-order valence-corrected chi connectivity index (χ3v) is 5.97. The summed E-state index contributed by atoms with van der Waals surface area (Å²) in [6.07, 6.45) is 1.96. The molecule has 1 saturated heterocycles. The number of aromatic amines is 1. The first-order valence-electron chi connectivity index (χ1n) is 7.65.